The van der Waals surface area contributed by atoms with Crippen molar-refractivity contribution in [3.8, 4) is 0 Å². The summed E-state index contributed by atoms with van der Waals surface area (Å²) in [5.74, 6) is 1.24. The van der Waals surface area contributed by atoms with E-state index in [0.29, 0.717) is 18.4 Å². The van der Waals surface area contributed by atoms with Crippen molar-refractivity contribution in [2.45, 2.75) is 32.3 Å². The molecule has 2 heteroatoms. The lowest BCUT2D eigenvalue weighted by molar-refractivity contribution is 0.0684. The normalized spacial score (nSPS) is 45.5. The van der Waals surface area contributed by atoms with Crippen LogP contribution in [0.4, 0.5) is 0 Å². The van der Waals surface area contributed by atoms with Crippen molar-refractivity contribution in [1.29, 1.82) is 0 Å². The van der Waals surface area contributed by atoms with E-state index in [4.69, 9.17) is 5.73 Å². The molecule has 2 saturated carbocycles. The van der Waals surface area contributed by atoms with Gasteiger partial charge in [0, 0.05) is 12.0 Å². The molecule has 2 aliphatic carbocycles. The first-order valence-corrected chi connectivity index (χ1v) is 4.59. The first kappa shape index (κ1) is 7.56. The van der Waals surface area contributed by atoms with Crippen LogP contribution in [0.15, 0.2) is 0 Å². The highest BCUT2D eigenvalue weighted by molar-refractivity contribution is 5.08. The minimum absolute atomic E-state index is 0.0949. The average Bonchev–Trinajstić information content (AvgIpc) is 2.80. The largest absolute Gasteiger partial charge is 0.392 e. The second-order valence-electron chi connectivity index (χ2n) is 4.32. The van der Waals surface area contributed by atoms with Crippen LogP contribution >= 0.6 is 0 Å². The predicted molar refractivity (Wildman–Crippen MR) is 44.0 cm³/mol. The van der Waals surface area contributed by atoms with E-state index < -0.39 is 0 Å². The van der Waals surface area contributed by atoms with E-state index in [-0.39, 0.29) is 11.5 Å². The first-order valence-electron chi connectivity index (χ1n) is 4.59. The molecule has 0 bridgehead atoms. The molecule has 2 nitrogen and oxygen atoms in total. The predicted octanol–water partition coefficient (Wildman–Crippen LogP) is 0.742. The molecule has 0 unspecified atom stereocenters. The van der Waals surface area contributed by atoms with Crippen molar-refractivity contribution in [2.75, 3.05) is 6.54 Å². The summed E-state index contributed by atoms with van der Waals surface area (Å²) in [4.78, 5) is 0. The second kappa shape index (κ2) is 2.20. The highest BCUT2D eigenvalue weighted by Gasteiger charge is 2.58. The summed E-state index contributed by atoms with van der Waals surface area (Å²) in [6.45, 7) is 2.87. The smallest absolute Gasteiger partial charge is 0.0639 e. The number of aliphatic hydroxyl groups is 1. The van der Waals surface area contributed by atoms with Crippen molar-refractivity contribution in [2.24, 2.45) is 23.0 Å². The summed E-state index contributed by atoms with van der Waals surface area (Å²) in [6, 6.07) is 0. The highest BCUT2D eigenvalue weighted by Crippen LogP contribution is 2.58. The monoisotopic (exact) mass is 155 g/mol. The van der Waals surface area contributed by atoms with Crippen LogP contribution in [-0.2, 0) is 0 Å². The maximum atomic E-state index is 9.87. The van der Waals surface area contributed by atoms with Gasteiger partial charge in [-0.25, -0.2) is 0 Å². The molecule has 64 valence electrons. The van der Waals surface area contributed by atoms with E-state index in [1.807, 2.05) is 0 Å². The topological polar surface area (TPSA) is 46.2 Å². The summed E-state index contributed by atoms with van der Waals surface area (Å²) in [5, 5.41) is 9.87. The van der Waals surface area contributed by atoms with Crippen molar-refractivity contribution in [1.82, 2.24) is 0 Å². The molecule has 0 radical (unpaired) electrons. The molecule has 2 aliphatic rings. The minimum atomic E-state index is -0.0949. The summed E-state index contributed by atoms with van der Waals surface area (Å²) in [5.41, 5.74) is 5.79. The van der Waals surface area contributed by atoms with E-state index in [1.165, 1.54) is 12.8 Å². The lowest BCUT2D eigenvalue weighted by atomic mass is 9.93. The lowest BCUT2D eigenvalue weighted by Crippen LogP contribution is -2.32. The van der Waals surface area contributed by atoms with E-state index in [1.54, 1.807) is 0 Å². The van der Waals surface area contributed by atoms with E-state index in [2.05, 4.69) is 6.92 Å². The SMILES string of the molecule is C[C@@H]1C[C@]1(CN)[C@H](O)C1CC1. The van der Waals surface area contributed by atoms with Crippen LogP contribution in [0, 0.1) is 17.3 Å². The highest BCUT2D eigenvalue weighted by atomic mass is 16.3. The van der Waals surface area contributed by atoms with Crippen molar-refractivity contribution in [3.05, 3.63) is 0 Å². The summed E-state index contributed by atoms with van der Waals surface area (Å²) < 4.78 is 0. The average molecular weight is 155 g/mol. The fourth-order valence-corrected chi connectivity index (χ4v) is 2.21. The van der Waals surface area contributed by atoms with Gasteiger partial charge in [0.05, 0.1) is 6.10 Å². The molecule has 0 spiro atoms. The first-order chi connectivity index (χ1) is 5.20. The fourth-order valence-electron chi connectivity index (χ4n) is 2.21. The third kappa shape index (κ3) is 1.00. The van der Waals surface area contributed by atoms with Crippen LogP contribution in [0.25, 0.3) is 0 Å². The minimum Gasteiger partial charge on any atom is -0.392 e. The van der Waals surface area contributed by atoms with Gasteiger partial charge in [0.25, 0.3) is 0 Å². The van der Waals surface area contributed by atoms with Gasteiger partial charge in [0.2, 0.25) is 0 Å². The molecule has 0 saturated heterocycles. The third-order valence-corrected chi connectivity index (χ3v) is 3.55. The molecule has 3 N–H and O–H groups in total. The zero-order valence-electron chi connectivity index (χ0n) is 7.09. The van der Waals surface area contributed by atoms with E-state index in [9.17, 15) is 5.11 Å². The van der Waals surface area contributed by atoms with Gasteiger partial charge in [-0.2, -0.15) is 0 Å². The number of hydrogen-bond donors (Lipinski definition) is 2. The van der Waals surface area contributed by atoms with Gasteiger partial charge in [-0.15, -0.1) is 0 Å². The Hall–Kier alpha value is -0.0800. The Labute approximate surface area is 67.8 Å². The Kier molecular flexibility index (Phi) is 1.52. The van der Waals surface area contributed by atoms with Gasteiger partial charge in [-0.1, -0.05) is 6.92 Å². The van der Waals surface area contributed by atoms with Gasteiger partial charge in [0.15, 0.2) is 0 Å². The molecule has 0 aromatic carbocycles. The van der Waals surface area contributed by atoms with Gasteiger partial charge >= 0.3 is 0 Å². The zero-order chi connectivity index (χ0) is 8.06. The third-order valence-electron chi connectivity index (χ3n) is 3.55. The molecular formula is C9H17NO. The number of nitrogens with two attached hydrogens (primary N) is 1. The van der Waals surface area contributed by atoms with Crippen LogP contribution in [0.5, 0.6) is 0 Å². The summed E-state index contributed by atoms with van der Waals surface area (Å²) in [6.07, 6.45) is 3.48. The second-order valence-corrected chi connectivity index (χ2v) is 4.32. The maximum absolute atomic E-state index is 9.87. The molecule has 2 fully saturated rings. The van der Waals surface area contributed by atoms with E-state index >= 15 is 0 Å². The number of aliphatic hydroxyl groups excluding tert-OH is 1. The molecular weight excluding hydrogens is 138 g/mol. The Morgan fingerprint density at radius 3 is 2.45 bits per heavy atom. The Morgan fingerprint density at radius 1 is 1.64 bits per heavy atom. The molecule has 0 aromatic rings. The number of hydrogen-bond acceptors (Lipinski definition) is 2. The molecule has 11 heavy (non-hydrogen) atoms. The maximum Gasteiger partial charge on any atom is 0.0639 e. The van der Waals surface area contributed by atoms with Crippen molar-refractivity contribution in [3.63, 3.8) is 0 Å². The quantitative estimate of drug-likeness (QED) is 0.631. The van der Waals surface area contributed by atoms with Crippen LogP contribution < -0.4 is 5.73 Å². The molecule has 0 aliphatic heterocycles. The van der Waals surface area contributed by atoms with Crippen molar-refractivity contribution < 1.29 is 5.11 Å². The molecule has 0 amide bonds. The lowest BCUT2D eigenvalue weighted by Gasteiger charge is -2.21. The summed E-state index contributed by atoms with van der Waals surface area (Å²) in [7, 11) is 0. The zero-order valence-corrected chi connectivity index (χ0v) is 7.09. The van der Waals surface area contributed by atoms with Gasteiger partial charge in [-0.3, -0.25) is 0 Å². The van der Waals surface area contributed by atoms with Gasteiger partial charge in [-0.05, 0) is 31.1 Å². The van der Waals surface area contributed by atoms with Gasteiger partial charge in [0.1, 0.15) is 0 Å². The Morgan fingerprint density at radius 2 is 2.18 bits per heavy atom. The molecule has 0 heterocycles. The van der Waals surface area contributed by atoms with Crippen LogP contribution in [0.1, 0.15) is 26.2 Å². The van der Waals surface area contributed by atoms with Crippen LogP contribution in [0.3, 0.4) is 0 Å². The Bertz CT molecular complexity index is 163. The van der Waals surface area contributed by atoms with Crippen LogP contribution in [-0.4, -0.2) is 17.8 Å². The summed E-state index contributed by atoms with van der Waals surface area (Å²) >= 11 is 0. The standard InChI is InChI=1S/C9H17NO/c1-6-4-9(6,5-10)8(11)7-2-3-7/h6-8,11H,2-5,10H2,1H3/t6-,8-,9-/m1/s1. The Balaban J connectivity index is 2.00. The van der Waals surface area contributed by atoms with Crippen LogP contribution in [0.2, 0.25) is 0 Å². The van der Waals surface area contributed by atoms with E-state index in [0.717, 1.165) is 6.42 Å². The fraction of sp³-hybridized carbons (Fsp3) is 1.00. The number of rotatable bonds is 3. The van der Waals surface area contributed by atoms with Gasteiger partial charge < -0.3 is 10.8 Å². The molecule has 0 aromatic heterocycles. The van der Waals surface area contributed by atoms with Crippen molar-refractivity contribution >= 4 is 0 Å². The molecule has 3 atom stereocenters. The molecule has 2 rings (SSSR count).